The second-order valence-corrected chi connectivity index (χ2v) is 5.02. The van der Waals surface area contributed by atoms with Gasteiger partial charge in [-0.15, -0.1) is 0 Å². The van der Waals surface area contributed by atoms with Gasteiger partial charge in [0.15, 0.2) is 5.57 Å². The number of allylic oxidation sites excluding steroid dienone is 5. The average Bonchev–Trinajstić information content (AvgIpc) is 2.40. The zero-order valence-corrected chi connectivity index (χ0v) is 11.0. The second-order valence-electron chi connectivity index (χ2n) is 5.02. The lowest BCUT2D eigenvalue weighted by atomic mass is 9.77. The summed E-state index contributed by atoms with van der Waals surface area (Å²) in [6, 6.07) is 5.89. The molecule has 1 fully saturated rings. The van der Waals surface area contributed by atoms with Crippen LogP contribution in [0.15, 0.2) is 33.7 Å². The molecule has 0 aromatic carbocycles. The van der Waals surface area contributed by atoms with Gasteiger partial charge in [-0.05, 0) is 43.3 Å². The minimum absolute atomic E-state index is 0.0272. The molecule has 19 heavy (non-hydrogen) atoms. The first-order valence-corrected chi connectivity index (χ1v) is 6.27. The molecule has 2 rings (SSSR count). The van der Waals surface area contributed by atoms with Gasteiger partial charge >= 0.3 is 0 Å². The standard InChI is InChI=1S/C15H14N4/c1-9-3-4-12-10(2)19-15(11(6-16)7-17)14(8-18)13(12)5-9/h9,19H,3-5H2,1-2H3/t9-/m0/s1. The Balaban J connectivity index is 2.67. The van der Waals surface area contributed by atoms with Crippen molar-refractivity contribution in [1.82, 2.24) is 5.32 Å². The third kappa shape index (κ3) is 2.12. The third-order valence-corrected chi connectivity index (χ3v) is 3.71. The highest BCUT2D eigenvalue weighted by molar-refractivity contribution is 5.62. The maximum Gasteiger partial charge on any atom is 0.154 e. The van der Waals surface area contributed by atoms with E-state index in [1.165, 1.54) is 5.57 Å². The fourth-order valence-electron chi connectivity index (χ4n) is 2.71. The smallest absolute Gasteiger partial charge is 0.154 e. The van der Waals surface area contributed by atoms with Crippen LogP contribution in [0.1, 0.15) is 33.1 Å². The third-order valence-electron chi connectivity index (χ3n) is 3.71. The number of fused-ring (bicyclic) bond motifs is 1. The molecular formula is C15H14N4. The van der Waals surface area contributed by atoms with Crippen molar-refractivity contribution in [2.45, 2.75) is 33.1 Å². The van der Waals surface area contributed by atoms with E-state index in [0.29, 0.717) is 17.2 Å². The molecule has 0 spiro atoms. The van der Waals surface area contributed by atoms with Crippen molar-refractivity contribution in [3.8, 4) is 18.2 Å². The van der Waals surface area contributed by atoms with Crippen molar-refractivity contribution >= 4 is 0 Å². The number of nitrogens with zero attached hydrogens (tertiary/aromatic N) is 3. The molecule has 1 atom stereocenters. The van der Waals surface area contributed by atoms with Crippen LogP contribution in [0.25, 0.3) is 0 Å². The molecular weight excluding hydrogens is 236 g/mol. The summed E-state index contributed by atoms with van der Waals surface area (Å²) in [6.07, 6.45) is 2.89. The van der Waals surface area contributed by atoms with E-state index in [2.05, 4.69) is 18.3 Å². The molecule has 2 aliphatic rings. The minimum Gasteiger partial charge on any atom is -0.356 e. The molecule has 4 heteroatoms. The monoisotopic (exact) mass is 250 g/mol. The minimum atomic E-state index is -0.0272. The van der Waals surface area contributed by atoms with Gasteiger partial charge in [-0.2, -0.15) is 15.8 Å². The van der Waals surface area contributed by atoms with Crippen LogP contribution in [0.4, 0.5) is 0 Å². The first-order chi connectivity index (χ1) is 9.12. The quantitative estimate of drug-likeness (QED) is 0.670. The topological polar surface area (TPSA) is 83.4 Å². The lowest BCUT2D eigenvalue weighted by Gasteiger charge is -2.31. The van der Waals surface area contributed by atoms with Gasteiger partial charge in [-0.1, -0.05) is 6.92 Å². The fourth-order valence-corrected chi connectivity index (χ4v) is 2.71. The van der Waals surface area contributed by atoms with Gasteiger partial charge in [-0.25, -0.2) is 0 Å². The number of nitriles is 3. The van der Waals surface area contributed by atoms with Crippen LogP contribution in [-0.2, 0) is 0 Å². The van der Waals surface area contributed by atoms with E-state index in [9.17, 15) is 5.26 Å². The van der Waals surface area contributed by atoms with E-state index in [1.807, 2.05) is 19.1 Å². The highest BCUT2D eigenvalue weighted by atomic mass is 14.9. The summed E-state index contributed by atoms with van der Waals surface area (Å²) in [6.45, 7) is 4.10. The van der Waals surface area contributed by atoms with E-state index >= 15 is 0 Å². The van der Waals surface area contributed by atoms with Crippen LogP contribution in [0.3, 0.4) is 0 Å². The van der Waals surface area contributed by atoms with E-state index in [0.717, 1.165) is 30.5 Å². The molecule has 0 saturated heterocycles. The summed E-state index contributed by atoms with van der Waals surface area (Å²) in [5, 5.41) is 30.5. The normalized spacial score (nSPS) is 21.8. The van der Waals surface area contributed by atoms with E-state index in [-0.39, 0.29) is 5.57 Å². The van der Waals surface area contributed by atoms with Crippen molar-refractivity contribution < 1.29 is 0 Å². The molecule has 0 unspecified atom stereocenters. The van der Waals surface area contributed by atoms with E-state index < -0.39 is 0 Å². The van der Waals surface area contributed by atoms with E-state index in [1.54, 1.807) is 0 Å². The van der Waals surface area contributed by atoms with Crippen molar-refractivity contribution in [3.63, 3.8) is 0 Å². The molecule has 1 aliphatic carbocycles. The van der Waals surface area contributed by atoms with Crippen LogP contribution in [0.2, 0.25) is 0 Å². The highest BCUT2D eigenvalue weighted by Gasteiger charge is 2.29. The molecule has 0 amide bonds. The second kappa shape index (κ2) is 5.01. The van der Waals surface area contributed by atoms with Crippen LogP contribution in [0.5, 0.6) is 0 Å². The molecule has 0 aromatic heterocycles. The molecule has 0 aromatic rings. The van der Waals surface area contributed by atoms with Gasteiger partial charge in [0.2, 0.25) is 0 Å². The Labute approximate surface area is 112 Å². The molecule has 4 nitrogen and oxygen atoms in total. The van der Waals surface area contributed by atoms with Crippen molar-refractivity contribution in [3.05, 3.63) is 33.7 Å². The largest absolute Gasteiger partial charge is 0.356 e. The molecule has 94 valence electrons. The van der Waals surface area contributed by atoms with Crippen molar-refractivity contribution in [2.75, 3.05) is 0 Å². The Morgan fingerprint density at radius 1 is 1.21 bits per heavy atom. The van der Waals surface area contributed by atoms with Gasteiger partial charge in [0.1, 0.15) is 18.2 Å². The summed E-state index contributed by atoms with van der Waals surface area (Å²) in [4.78, 5) is 0. The van der Waals surface area contributed by atoms with Gasteiger partial charge in [0.05, 0.1) is 11.3 Å². The molecule has 1 N–H and O–H groups in total. The molecule has 1 heterocycles. The summed E-state index contributed by atoms with van der Waals surface area (Å²) < 4.78 is 0. The van der Waals surface area contributed by atoms with Gasteiger partial charge in [-0.3, -0.25) is 0 Å². The first-order valence-electron chi connectivity index (χ1n) is 6.27. The summed E-state index contributed by atoms with van der Waals surface area (Å²) in [5.41, 5.74) is 3.95. The SMILES string of the molecule is CC1=C2CC[C@H](C)CC2=C(C#N)C(=C(C#N)C#N)N1. The van der Waals surface area contributed by atoms with Crippen LogP contribution in [-0.4, -0.2) is 0 Å². The Morgan fingerprint density at radius 2 is 1.89 bits per heavy atom. The molecule has 1 saturated carbocycles. The lowest BCUT2D eigenvalue weighted by Crippen LogP contribution is -2.25. The Morgan fingerprint density at radius 3 is 2.47 bits per heavy atom. The summed E-state index contributed by atoms with van der Waals surface area (Å²) in [7, 11) is 0. The van der Waals surface area contributed by atoms with E-state index in [4.69, 9.17) is 10.5 Å². The highest BCUT2D eigenvalue weighted by Crippen LogP contribution is 2.40. The summed E-state index contributed by atoms with van der Waals surface area (Å²) >= 11 is 0. The maximum absolute atomic E-state index is 9.39. The molecule has 1 aliphatic heterocycles. The van der Waals surface area contributed by atoms with Gasteiger partial charge < -0.3 is 5.32 Å². The Kier molecular flexibility index (Phi) is 3.41. The molecule has 0 radical (unpaired) electrons. The van der Waals surface area contributed by atoms with Crippen LogP contribution in [0, 0.1) is 39.9 Å². The Bertz CT molecular complexity index is 625. The Hall–Kier alpha value is -2.51. The summed E-state index contributed by atoms with van der Waals surface area (Å²) in [5.74, 6) is 0.530. The predicted octanol–water partition coefficient (Wildman–Crippen LogP) is 2.81. The number of dihydropyridines is 1. The van der Waals surface area contributed by atoms with Gasteiger partial charge in [0.25, 0.3) is 0 Å². The average molecular weight is 250 g/mol. The number of nitrogens with one attached hydrogen (secondary N) is 1. The maximum atomic E-state index is 9.39. The van der Waals surface area contributed by atoms with Crippen LogP contribution < -0.4 is 5.32 Å². The van der Waals surface area contributed by atoms with Crippen molar-refractivity contribution in [1.29, 1.82) is 15.8 Å². The predicted molar refractivity (Wildman–Crippen MR) is 69.7 cm³/mol. The zero-order chi connectivity index (χ0) is 14.0. The lowest BCUT2D eigenvalue weighted by molar-refractivity contribution is 0.489. The number of rotatable bonds is 0. The number of hydrogen-bond acceptors (Lipinski definition) is 4. The fraction of sp³-hybridized carbons (Fsp3) is 0.400. The molecule has 0 bridgehead atoms. The van der Waals surface area contributed by atoms with Gasteiger partial charge in [0, 0.05) is 5.70 Å². The van der Waals surface area contributed by atoms with Crippen LogP contribution >= 0.6 is 0 Å². The van der Waals surface area contributed by atoms with Crippen molar-refractivity contribution in [2.24, 2.45) is 5.92 Å². The zero-order valence-electron chi connectivity index (χ0n) is 11.0. The first kappa shape index (κ1) is 12.9. The number of hydrogen-bond donors (Lipinski definition) is 1.